The van der Waals surface area contributed by atoms with Gasteiger partial charge in [-0.25, -0.2) is 0 Å². The third kappa shape index (κ3) is 4.14. The number of fused-ring (bicyclic) bond motifs is 1. The number of piperidine rings is 1. The number of aryl methyl sites for hydroxylation is 1. The smallest absolute Gasteiger partial charge is 0.251 e. The first kappa shape index (κ1) is 18.6. The maximum absolute atomic E-state index is 12.3. The number of carbonyl (C=O) groups excluding carboxylic acids is 1. The predicted molar refractivity (Wildman–Crippen MR) is 102 cm³/mol. The van der Waals surface area contributed by atoms with E-state index in [2.05, 4.69) is 10.2 Å². The number of pyridine rings is 1. The van der Waals surface area contributed by atoms with Gasteiger partial charge in [0.05, 0.1) is 12.1 Å². The van der Waals surface area contributed by atoms with E-state index in [-0.39, 0.29) is 30.7 Å². The number of aromatic nitrogens is 1. The zero-order valence-electron chi connectivity index (χ0n) is 15.3. The van der Waals surface area contributed by atoms with E-state index in [0.29, 0.717) is 6.54 Å². The van der Waals surface area contributed by atoms with Crippen molar-refractivity contribution < 1.29 is 9.90 Å². The topological polar surface area (TPSA) is 74.6 Å². The molecule has 1 atom stereocenters. The Hall–Kier alpha value is -2.18. The van der Waals surface area contributed by atoms with Gasteiger partial charge in [0.25, 0.3) is 5.56 Å². The highest BCUT2D eigenvalue weighted by molar-refractivity contribution is 5.84. The van der Waals surface area contributed by atoms with Crippen LogP contribution in [0.5, 0.6) is 0 Å². The first-order valence-corrected chi connectivity index (χ1v) is 9.31. The van der Waals surface area contributed by atoms with Crippen molar-refractivity contribution in [2.24, 2.45) is 0 Å². The number of carbonyl (C=O) groups is 1. The summed E-state index contributed by atoms with van der Waals surface area (Å²) in [6.07, 6.45) is 3.29. The van der Waals surface area contributed by atoms with E-state index in [0.717, 1.165) is 48.8 Å². The predicted octanol–water partition coefficient (Wildman–Crippen LogP) is 1.27. The van der Waals surface area contributed by atoms with Gasteiger partial charge >= 0.3 is 0 Å². The zero-order chi connectivity index (χ0) is 18.5. The molecule has 0 spiro atoms. The third-order valence-corrected chi connectivity index (χ3v) is 5.21. The van der Waals surface area contributed by atoms with Crippen LogP contribution in [0.25, 0.3) is 10.9 Å². The van der Waals surface area contributed by atoms with Gasteiger partial charge in [-0.2, -0.15) is 0 Å². The number of nitrogens with one attached hydrogen (secondary N) is 1. The molecule has 0 bridgehead atoms. The van der Waals surface area contributed by atoms with Gasteiger partial charge in [-0.1, -0.05) is 24.6 Å². The highest BCUT2D eigenvalue weighted by Gasteiger charge is 2.21. The van der Waals surface area contributed by atoms with Crippen LogP contribution in [0.15, 0.2) is 35.1 Å². The second kappa shape index (κ2) is 8.47. The summed E-state index contributed by atoms with van der Waals surface area (Å²) >= 11 is 0. The molecule has 26 heavy (non-hydrogen) atoms. The van der Waals surface area contributed by atoms with Gasteiger partial charge in [-0.15, -0.1) is 0 Å². The maximum Gasteiger partial charge on any atom is 0.251 e. The van der Waals surface area contributed by atoms with Crippen LogP contribution < -0.4 is 10.9 Å². The summed E-state index contributed by atoms with van der Waals surface area (Å²) in [6, 6.07) is 9.42. The number of aliphatic hydroxyl groups is 1. The van der Waals surface area contributed by atoms with Gasteiger partial charge in [0.2, 0.25) is 5.91 Å². The summed E-state index contributed by atoms with van der Waals surface area (Å²) < 4.78 is 1.52. The molecule has 6 nitrogen and oxygen atoms in total. The Labute approximate surface area is 153 Å². The first-order valence-electron chi connectivity index (χ1n) is 9.31. The minimum absolute atomic E-state index is 0.0169. The third-order valence-electron chi connectivity index (χ3n) is 5.21. The number of benzene rings is 1. The number of hydrogen-bond acceptors (Lipinski definition) is 4. The number of likely N-dealkylation sites (tertiary alicyclic amines) is 1. The van der Waals surface area contributed by atoms with Crippen molar-refractivity contribution in [3.63, 3.8) is 0 Å². The lowest BCUT2D eigenvalue weighted by atomic mass is 10.0. The van der Waals surface area contributed by atoms with Crippen molar-refractivity contribution >= 4 is 16.8 Å². The monoisotopic (exact) mass is 357 g/mol. The molecule has 1 unspecified atom stereocenters. The van der Waals surface area contributed by atoms with Gasteiger partial charge in [0, 0.05) is 30.6 Å². The molecule has 0 saturated carbocycles. The van der Waals surface area contributed by atoms with Crippen LogP contribution in [0.4, 0.5) is 0 Å². The molecule has 0 radical (unpaired) electrons. The minimum atomic E-state index is -0.168. The van der Waals surface area contributed by atoms with Crippen molar-refractivity contribution in [2.45, 2.75) is 38.8 Å². The number of nitrogens with zero attached hydrogens (tertiary/aromatic N) is 2. The Morgan fingerprint density at radius 3 is 2.92 bits per heavy atom. The van der Waals surface area contributed by atoms with E-state index in [1.165, 1.54) is 4.57 Å². The Morgan fingerprint density at radius 1 is 1.31 bits per heavy atom. The molecule has 140 valence electrons. The normalized spacial score (nSPS) is 18.2. The van der Waals surface area contributed by atoms with Gasteiger partial charge in [-0.05, 0) is 37.9 Å². The molecular formula is C20H27N3O3. The van der Waals surface area contributed by atoms with Crippen molar-refractivity contribution in [2.75, 3.05) is 26.2 Å². The van der Waals surface area contributed by atoms with E-state index in [4.69, 9.17) is 0 Å². The van der Waals surface area contributed by atoms with Crippen LogP contribution in [-0.4, -0.2) is 52.8 Å². The minimum Gasteiger partial charge on any atom is -0.395 e. The second-order valence-corrected chi connectivity index (χ2v) is 6.99. The molecule has 1 aromatic carbocycles. The lowest BCUT2D eigenvalue weighted by Gasteiger charge is -2.34. The highest BCUT2D eigenvalue weighted by Crippen LogP contribution is 2.16. The summed E-state index contributed by atoms with van der Waals surface area (Å²) in [5, 5.41) is 13.3. The number of aliphatic hydroxyl groups excluding tert-OH is 1. The molecule has 1 amide bonds. The van der Waals surface area contributed by atoms with Crippen LogP contribution in [0.1, 0.15) is 24.8 Å². The lowest BCUT2D eigenvalue weighted by molar-refractivity contribution is -0.121. The summed E-state index contributed by atoms with van der Waals surface area (Å²) in [4.78, 5) is 26.9. The van der Waals surface area contributed by atoms with E-state index < -0.39 is 0 Å². The molecule has 1 aliphatic rings. The SMILES string of the molecule is Cc1cc(=O)n(CC(=O)NCCN2CCCCC2CO)c2ccccc12. The molecule has 6 heteroatoms. The van der Waals surface area contributed by atoms with E-state index in [1.807, 2.05) is 31.2 Å². The van der Waals surface area contributed by atoms with Crippen molar-refractivity contribution in [3.05, 3.63) is 46.2 Å². The standard InChI is InChI=1S/C20H27N3O3/c1-15-12-20(26)23(18-8-3-2-7-17(15)18)13-19(25)21-9-11-22-10-5-4-6-16(22)14-24/h2-3,7-8,12,16,24H,4-6,9-11,13-14H2,1H3,(H,21,25). The average Bonchev–Trinajstić information content (AvgIpc) is 2.65. The largest absolute Gasteiger partial charge is 0.395 e. The Kier molecular flexibility index (Phi) is 6.06. The summed E-state index contributed by atoms with van der Waals surface area (Å²) in [5.41, 5.74) is 1.54. The van der Waals surface area contributed by atoms with Crippen LogP contribution in [-0.2, 0) is 11.3 Å². The zero-order valence-corrected chi connectivity index (χ0v) is 15.3. The fraction of sp³-hybridized carbons (Fsp3) is 0.500. The molecule has 3 rings (SSSR count). The number of hydrogen-bond donors (Lipinski definition) is 2. The molecule has 2 aromatic rings. The van der Waals surface area contributed by atoms with Crippen LogP contribution in [0.3, 0.4) is 0 Å². The number of rotatable bonds is 6. The molecule has 1 aromatic heterocycles. The molecule has 1 saturated heterocycles. The molecule has 1 aliphatic heterocycles. The Balaban J connectivity index is 1.62. The summed E-state index contributed by atoms with van der Waals surface area (Å²) in [5.74, 6) is -0.168. The van der Waals surface area contributed by atoms with Crippen LogP contribution in [0.2, 0.25) is 0 Å². The summed E-state index contributed by atoms with van der Waals surface area (Å²) in [7, 11) is 0. The van der Waals surface area contributed by atoms with Crippen molar-refractivity contribution in [1.82, 2.24) is 14.8 Å². The Bertz CT molecular complexity index is 831. The van der Waals surface area contributed by atoms with Crippen LogP contribution in [0, 0.1) is 6.92 Å². The lowest BCUT2D eigenvalue weighted by Crippen LogP contribution is -2.46. The molecular weight excluding hydrogens is 330 g/mol. The van der Waals surface area contributed by atoms with E-state index in [9.17, 15) is 14.7 Å². The summed E-state index contributed by atoms with van der Waals surface area (Å²) in [6.45, 7) is 4.30. The highest BCUT2D eigenvalue weighted by atomic mass is 16.3. The van der Waals surface area contributed by atoms with Gasteiger partial charge < -0.3 is 10.4 Å². The average molecular weight is 357 g/mol. The second-order valence-electron chi connectivity index (χ2n) is 6.99. The molecule has 0 aliphatic carbocycles. The Morgan fingerprint density at radius 2 is 2.12 bits per heavy atom. The van der Waals surface area contributed by atoms with Crippen LogP contribution >= 0.6 is 0 Å². The fourth-order valence-electron chi connectivity index (χ4n) is 3.76. The fourth-order valence-corrected chi connectivity index (χ4v) is 3.76. The molecule has 1 fully saturated rings. The molecule has 2 heterocycles. The quantitative estimate of drug-likeness (QED) is 0.817. The van der Waals surface area contributed by atoms with Gasteiger partial charge in [-0.3, -0.25) is 19.1 Å². The van der Waals surface area contributed by atoms with Crippen molar-refractivity contribution in [3.8, 4) is 0 Å². The maximum atomic E-state index is 12.3. The first-order chi connectivity index (χ1) is 12.6. The van der Waals surface area contributed by atoms with Crippen molar-refractivity contribution in [1.29, 1.82) is 0 Å². The molecule has 2 N–H and O–H groups in total. The van der Waals surface area contributed by atoms with Gasteiger partial charge in [0.1, 0.15) is 6.54 Å². The van der Waals surface area contributed by atoms with E-state index >= 15 is 0 Å². The van der Waals surface area contributed by atoms with E-state index in [1.54, 1.807) is 6.07 Å². The number of para-hydroxylation sites is 1. The number of amides is 1. The van der Waals surface area contributed by atoms with Gasteiger partial charge in [0.15, 0.2) is 0 Å².